The molecule has 0 atom stereocenters. The number of rotatable bonds is 5. The Balaban J connectivity index is 3.83. The number of benzene rings is 1. The zero-order valence-electron chi connectivity index (χ0n) is 11.7. The van der Waals surface area contributed by atoms with Gasteiger partial charge in [0, 0.05) is 12.1 Å². The smallest absolute Gasteiger partial charge is 0.340 e. The van der Waals surface area contributed by atoms with Crippen LogP contribution in [0.3, 0.4) is 0 Å². The van der Waals surface area contributed by atoms with Crippen molar-refractivity contribution in [3.8, 4) is 0 Å². The van der Waals surface area contributed by atoms with Crippen LogP contribution in [0.5, 0.6) is 0 Å². The summed E-state index contributed by atoms with van der Waals surface area (Å²) >= 11 is 0. The van der Waals surface area contributed by atoms with Crippen LogP contribution in [0.2, 0.25) is 0 Å². The number of ether oxygens (including phenoxy) is 1. The number of nitro groups is 1. The maximum absolute atomic E-state index is 11.7. The molecule has 12 heteroatoms. The summed E-state index contributed by atoms with van der Waals surface area (Å²) in [5, 5.41) is 10.8. The summed E-state index contributed by atoms with van der Waals surface area (Å²) in [5.41, 5.74) is -1.70. The summed E-state index contributed by atoms with van der Waals surface area (Å²) in [6, 6.07) is 2.52. The van der Waals surface area contributed by atoms with Crippen LogP contribution in [0, 0.1) is 10.1 Å². The quantitative estimate of drug-likeness (QED) is 0.413. The van der Waals surface area contributed by atoms with Crippen molar-refractivity contribution in [1.29, 1.82) is 0 Å². The first-order valence-corrected chi connectivity index (χ1v) is 9.16. The summed E-state index contributed by atoms with van der Waals surface area (Å²) < 4.78 is 51.4. The molecule has 0 radical (unpaired) electrons. The van der Waals surface area contributed by atoms with Gasteiger partial charge in [-0.3, -0.25) is 10.1 Å². The number of anilines is 1. The van der Waals surface area contributed by atoms with Crippen molar-refractivity contribution in [2.75, 3.05) is 23.3 Å². The predicted octanol–water partition coefficient (Wildman–Crippen LogP) is 0.107. The van der Waals surface area contributed by atoms with Gasteiger partial charge in [0.1, 0.15) is 0 Å². The van der Waals surface area contributed by atoms with Crippen molar-refractivity contribution in [3.05, 3.63) is 33.9 Å². The summed E-state index contributed by atoms with van der Waals surface area (Å²) in [6.45, 7) is 0. The third-order valence-corrected chi connectivity index (χ3v) is 5.62. The van der Waals surface area contributed by atoms with Crippen molar-refractivity contribution in [1.82, 2.24) is 0 Å². The van der Waals surface area contributed by atoms with E-state index < -0.39 is 47.9 Å². The molecule has 0 bridgehead atoms. The minimum absolute atomic E-state index is 0.0563. The van der Waals surface area contributed by atoms with Gasteiger partial charge in [0.25, 0.3) is 5.69 Å². The van der Waals surface area contributed by atoms with Gasteiger partial charge in [0.2, 0.25) is 20.0 Å². The molecule has 0 saturated carbocycles. The van der Waals surface area contributed by atoms with Crippen molar-refractivity contribution in [2.45, 2.75) is 0 Å². The van der Waals surface area contributed by atoms with E-state index in [4.69, 9.17) is 0 Å². The van der Waals surface area contributed by atoms with Crippen LogP contribution < -0.4 is 3.71 Å². The summed E-state index contributed by atoms with van der Waals surface area (Å²) in [5.74, 6) is -1.04. The average Bonchev–Trinajstić information content (AvgIpc) is 2.34. The Kier molecular flexibility index (Phi) is 4.77. The molecule has 0 amide bonds. The van der Waals surface area contributed by atoms with Crippen molar-refractivity contribution < 1.29 is 31.3 Å². The monoisotopic (exact) mass is 352 g/mol. The van der Waals surface area contributed by atoms with E-state index in [0.717, 1.165) is 19.2 Å². The van der Waals surface area contributed by atoms with Crippen LogP contribution >= 0.6 is 0 Å². The molecule has 122 valence electrons. The van der Waals surface area contributed by atoms with Gasteiger partial charge in [0.15, 0.2) is 0 Å². The number of methoxy groups -OCH3 is 1. The Hall–Kier alpha value is -2.21. The normalized spacial score (nSPS) is 11.8. The lowest BCUT2D eigenvalue weighted by Crippen LogP contribution is -2.36. The second-order valence-electron chi connectivity index (χ2n) is 4.17. The van der Waals surface area contributed by atoms with Crippen molar-refractivity contribution >= 4 is 37.4 Å². The molecular weight excluding hydrogens is 340 g/mol. The lowest BCUT2D eigenvalue weighted by atomic mass is 10.1. The van der Waals surface area contributed by atoms with Gasteiger partial charge in [-0.15, -0.1) is 0 Å². The van der Waals surface area contributed by atoms with Crippen LogP contribution in [0.1, 0.15) is 10.4 Å². The lowest BCUT2D eigenvalue weighted by molar-refractivity contribution is -0.384. The number of carbonyl (C=O) groups excluding carboxylic acids is 1. The van der Waals surface area contributed by atoms with Crippen LogP contribution in [0.25, 0.3) is 0 Å². The number of non-ortho nitro benzene ring substituents is 1. The first kappa shape index (κ1) is 17.8. The number of nitrogens with zero attached hydrogens (tertiary/aromatic N) is 2. The Labute approximate surface area is 126 Å². The highest BCUT2D eigenvalue weighted by molar-refractivity contribution is 8.09. The summed E-state index contributed by atoms with van der Waals surface area (Å²) in [4.78, 5) is 21.6. The molecule has 0 N–H and O–H groups in total. The maximum Gasteiger partial charge on any atom is 0.340 e. The molecule has 10 nitrogen and oxygen atoms in total. The first-order valence-electron chi connectivity index (χ1n) is 5.47. The molecule has 0 aliphatic rings. The van der Waals surface area contributed by atoms with E-state index in [-0.39, 0.29) is 3.71 Å². The fourth-order valence-corrected chi connectivity index (χ4v) is 4.65. The van der Waals surface area contributed by atoms with Gasteiger partial charge < -0.3 is 4.74 Å². The van der Waals surface area contributed by atoms with Gasteiger partial charge in [-0.05, 0) is 6.07 Å². The Morgan fingerprint density at radius 2 is 1.68 bits per heavy atom. The summed E-state index contributed by atoms with van der Waals surface area (Å²) in [6.07, 6.45) is 1.18. The van der Waals surface area contributed by atoms with Crippen molar-refractivity contribution in [2.24, 2.45) is 0 Å². The van der Waals surface area contributed by atoms with E-state index in [1.165, 1.54) is 0 Å². The molecule has 0 unspecified atom stereocenters. The molecule has 0 aliphatic carbocycles. The molecular formula is C10H12N2O8S2. The van der Waals surface area contributed by atoms with Crippen LogP contribution in [0.15, 0.2) is 18.2 Å². The molecule has 22 heavy (non-hydrogen) atoms. The third kappa shape index (κ3) is 3.71. The predicted molar refractivity (Wildman–Crippen MR) is 76.6 cm³/mol. The second kappa shape index (κ2) is 5.88. The molecule has 0 heterocycles. The maximum atomic E-state index is 11.7. The number of hydrogen-bond donors (Lipinski definition) is 0. The number of hydrogen-bond acceptors (Lipinski definition) is 8. The Morgan fingerprint density at radius 3 is 2.05 bits per heavy atom. The fourth-order valence-electron chi connectivity index (χ4n) is 1.67. The third-order valence-electron chi connectivity index (χ3n) is 2.40. The summed E-state index contributed by atoms with van der Waals surface area (Å²) in [7, 11) is -7.74. The van der Waals surface area contributed by atoms with Crippen LogP contribution in [-0.2, 0) is 24.8 Å². The van der Waals surface area contributed by atoms with Gasteiger partial charge in [0.05, 0.1) is 35.8 Å². The van der Waals surface area contributed by atoms with E-state index in [9.17, 15) is 31.7 Å². The largest absolute Gasteiger partial charge is 0.465 e. The minimum Gasteiger partial charge on any atom is -0.465 e. The molecule has 0 aromatic heterocycles. The van der Waals surface area contributed by atoms with Gasteiger partial charge in [-0.25, -0.2) is 21.6 Å². The highest BCUT2D eigenvalue weighted by Gasteiger charge is 2.32. The zero-order chi connectivity index (χ0) is 17.3. The molecule has 1 rings (SSSR count). The Morgan fingerprint density at radius 1 is 1.18 bits per heavy atom. The van der Waals surface area contributed by atoms with E-state index in [1.54, 1.807) is 0 Å². The van der Waals surface area contributed by atoms with Gasteiger partial charge in [-0.2, -0.15) is 3.71 Å². The Bertz CT molecular complexity index is 796. The zero-order valence-corrected chi connectivity index (χ0v) is 13.3. The van der Waals surface area contributed by atoms with Crippen LogP contribution in [-0.4, -0.2) is 47.3 Å². The average molecular weight is 352 g/mol. The van der Waals surface area contributed by atoms with Gasteiger partial charge in [-0.1, -0.05) is 0 Å². The fraction of sp³-hybridized carbons (Fsp3) is 0.300. The number of esters is 1. The molecule has 1 aromatic rings. The van der Waals surface area contributed by atoms with E-state index in [2.05, 4.69) is 4.74 Å². The minimum atomic E-state index is -4.37. The SMILES string of the molecule is COC(=O)c1ccc([N+](=O)[O-])cc1N(S(C)(=O)=O)S(C)(=O)=O. The number of sulfonamides is 2. The highest BCUT2D eigenvalue weighted by Crippen LogP contribution is 2.30. The standard InChI is InChI=1S/C10H12N2O8S2/c1-20-10(13)8-5-4-7(11(14)15)6-9(8)12(21(2,16)17)22(3,18)19/h4-6H,1-3H3. The molecule has 0 fully saturated rings. The molecule has 0 aliphatic heterocycles. The van der Waals surface area contributed by atoms with Crippen LogP contribution in [0.4, 0.5) is 11.4 Å². The first-order chi connectivity index (χ1) is 9.89. The molecule has 0 spiro atoms. The van der Waals surface area contributed by atoms with Gasteiger partial charge >= 0.3 is 5.97 Å². The van der Waals surface area contributed by atoms with E-state index >= 15 is 0 Å². The number of nitro benzene ring substituents is 1. The van der Waals surface area contributed by atoms with E-state index in [0.29, 0.717) is 18.6 Å². The lowest BCUT2D eigenvalue weighted by Gasteiger charge is -2.21. The topological polar surface area (TPSA) is 141 Å². The highest BCUT2D eigenvalue weighted by atomic mass is 32.3. The van der Waals surface area contributed by atoms with Crippen molar-refractivity contribution in [3.63, 3.8) is 0 Å². The second-order valence-corrected chi connectivity index (χ2v) is 8.07. The molecule has 1 aromatic carbocycles. The number of carbonyl (C=O) groups is 1. The molecule has 0 saturated heterocycles. The van der Waals surface area contributed by atoms with E-state index in [1.807, 2.05) is 0 Å².